The van der Waals surface area contributed by atoms with E-state index in [1.54, 1.807) is 0 Å². The zero-order valence-corrected chi connectivity index (χ0v) is 19.2. The second kappa shape index (κ2) is 6.89. The van der Waals surface area contributed by atoms with Crippen LogP contribution in [0.2, 0.25) is 64.5 Å². The van der Waals surface area contributed by atoms with E-state index in [-0.39, 0.29) is 0 Å². The summed E-state index contributed by atoms with van der Waals surface area (Å²) in [5, 5.41) is 0. The largest absolute Gasteiger partial charge is 0.437 e. The average molecular weight is 352 g/mol. The molecule has 7 heteroatoms. The molecule has 3 nitrogen and oxygen atoms in total. The Balaban J connectivity index is 4.82. The summed E-state index contributed by atoms with van der Waals surface area (Å²) in [5.41, 5.74) is 0.542. The van der Waals surface area contributed by atoms with Crippen molar-refractivity contribution < 1.29 is 12.3 Å². The van der Waals surface area contributed by atoms with Gasteiger partial charge in [-0.15, -0.1) is 0 Å². The molecule has 0 aliphatic heterocycles. The zero-order valence-electron chi connectivity index (χ0n) is 15.2. The highest BCUT2D eigenvalue weighted by Crippen LogP contribution is 2.30. The highest BCUT2D eigenvalue weighted by Gasteiger charge is 2.43. The highest BCUT2D eigenvalue weighted by atomic mass is 28.5. The lowest BCUT2D eigenvalue weighted by Crippen LogP contribution is -2.56. The number of hydrogen-bond donors (Lipinski definition) is 0. The molecule has 0 saturated heterocycles. The van der Waals surface area contributed by atoms with Crippen LogP contribution in [0.15, 0.2) is 0 Å². The highest BCUT2D eigenvalue weighted by molar-refractivity contribution is 6.89. The van der Waals surface area contributed by atoms with Gasteiger partial charge in [0.25, 0.3) is 0 Å². The molecule has 0 amide bonds. The predicted octanol–water partition coefficient (Wildman–Crippen LogP) is 5.09. The molecule has 1 atom stereocenters. The molecule has 121 valence electrons. The third kappa shape index (κ3) is 8.25. The first-order valence-electron chi connectivity index (χ1n) is 7.50. The van der Waals surface area contributed by atoms with Crippen LogP contribution >= 0.6 is 0 Å². The van der Waals surface area contributed by atoms with Crippen LogP contribution in [0.25, 0.3) is 0 Å². The van der Waals surface area contributed by atoms with E-state index in [1.165, 1.54) is 0 Å². The van der Waals surface area contributed by atoms with Crippen LogP contribution in [-0.4, -0.2) is 33.8 Å². The van der Waals surface area contributed by atoms with Crippen molar-refractivity contribution in [3.8, 4) is 0 Å². The van der Waals surface area contributed by atoms with Gasteiger partial charge in [-0.3, -0.25) is 0 Å². The molecule has 0 aliphatic rings. The fourth-order valence-corrected chi connectivity index (χ4v) is 20.7. The van der Waals surface area contributed by atoms with E-state index < -0.39 is 33.8 Å². The fraction of sp³-hybridized carbons (Fsp3) is 0.923. The van der Waals surface area contributed by atoms with E-state index in [0.29, 0.717) is 5.54 Å². The maximum Gasteiger partial charge on any atom is 0.312 e. The maximum atomic E-state index is 6.51. The molecule has 0 N–H and O–H groups in total. The van der Waals surface area contributed by atoms with Crippen molar-refractivity contribution in [2.24, 2.45) is 0 Å². The first-order chi connectivity index (χ1) is 8.60. The van der Waals surface area contributed by atoms with Crippen LogP contribution in [0.1, 0.15) is 13.3 Å². The van der Waals surface area contributed by atoms with Gasteiger partial charge in [-0.1, -0.05) is 20.3 Å². The Hall–Kier alpha value is 0.748. The Morgan fingerprint density at radius 3 is 1.50 bits per heavy atom. The summed E-state index contributed by atoms with van der Waals surface area (Å²) in [6, 6.07) is 0. The SMILES string of the molecule is [CH2]CC(C)[Si](C)(C)O[Si](C)(C)O[Si](C)(C)O[Si](C)(C)C. The Morgan fingerprint density at radius 2 is 1.15 bits per heavy atom. The lowest BCUT2D eigenvalue weighted by atomic mass is 10.4. The predicted molar refractivity (Wildman–Crippen MR) is 98.4 cm³/mol. The van der Waals surface area contributed by atoms with Gasteiger partial charge in [0.15, 0.2) is 16.6 Å². The monoisotopic (exact) mass is 351 g/mol. The van der Waals surface area contributed by atoms with Gasteiger partial charge in [0, 0.05) is 0 Å². The molecule has 0 aromatic rings. The molecular weight excluding hydrogens is 316 g/mol. The van der Waals surface area contributed by atoms with Crippen LogP contribution < -0.4 is 0 Å². The van der Waals surface area contributed by atoms with Crippen LogP contribution in [0, 0.1) is 6.92 Å². The molecule has 20 heavy (non-hydrogen) atoms. The van der Waals surface area contributed by atoms with Crippen molar-refractivity contribution in [2.75, 3.05) is 0 Å². The van der Waals surface area contributed by atoms with Gasteiger partial charge in [-0.05, 0) is 64.5 Å². The summed E-state index contributed by atoms with van der Waals surface area (Å²) in [6.07, 6.45) is 0.927. The maximum absolute atomic E-state index is 6.51. The molecular formula is C13H35O3Si4. The molecule has 0 spiro atoms. The van der Waals surface area contributed by atoms with E-state index in [0.717, 1.165) is 6.42 Å². The minimum atomic E-state index is -2.16. The lowest BCUT2D eigenvalue weighted by Gasteiger charge is -2.41. The summed E-state index contributed by atoms with van der Waals surface area (Å²) in [7, 11) is -7.60. The second-order valence-electron chi connectivity index (χ2n) is 8.01. The minimum Gasteiger partial charge on any atom is -0.437 e. The van der Waals surface area contributed by atoms with Crippen molar-refractivity contribution in [3.63, 3.8) is 0 Å². The van der Waals surface area contributed by atoms with Gasteiger partial charge in [0.2, 0.25) is 0 Å². The van der Waals surface area contributed by atoms with Crippen LogP contribution in [0.5, 0.6) is 0 Å². The zero-order chi connectivity index (χ0) is 16.4. The van der Waals surface area contributed by atoms with Crippen LogP contribution in [-0.2, 0) is 12.3 Å². The van der Waals surface area contributed by atoms with E-state index in [4.69, 9.17) is 12.3 Å². The van der Waals surface area contributed by atoms with Crippen molar-refractivity contribution in [2.45, 2.75) is 77.8 Å². The summed E-state index contributed by atoms with van der Waals surface area (Å²) >= 11 is 0. The summed E-state index contributed by atoms with van der Waals surface area (Å²) in [6.45, 7) is 26.0. The van der Waals surface area contributed by atoms with E-state index in [2.05, 4.69) is 72.8 Å². The fourth-order valence-electron chi connectivity index (χ4n) is 2.45. The summed E-state index contributed by atoms with van der Waals surface area (Å²) in [5.74, 6) is 0. The third-order valence-corrected chi connectivity index (χ3v) is 18.3. The summed E-state index contributed by atoms with van der Waals surface area (Å²) in [4.78, 5) is 0. The minimum absolute atomic E-state index is 0.542. The first kappa shape index (κ1) is 20.7. The molecule has 1 radical (unpaired) electrons. The third-order valence-electron chi connectivity index (χ3n) is 3.17. The van der Waals surface area contributed by atoms with E-state index in [1.807, 2.05) is 0 Å². The van der Waals surface area contributed by atoms with Gasteiger partial charge in [0.1, 0.15) is 0 Å². The number of rotatable bonds is 8. The van der Waals surface area contributed by atoms with E-state index in [9.17, 15) is 0 Å². The Bertz CT molecular complexity index is 311. The average Bonchev–Trinajstić information content (AvgIpc) is 2.07. The molecule has 0 aliphatic carbocycles. The quantitative estimate of drug-likeness (QED) is 0.570. The molecule has 0 saturated carbocycles. The van der Waals surface area contributed by atoms with Gasteiger partial charge in [-0.2, -0.15) is 0 Å². The lowest BCUT2D eigenvalue weighted by molar-refractivity contribution is 0.327. The molecule has 0 fully saturated rings. The normalized spacial score (nSPS) is 16.4. The van der Waals surface area contributed by atoms with Crippen molar-refractivity contribution in [1.29, 1.82) is 0 Å². The summed E-state index contributed by atoms with van der Waals surface area (Å²) < 4.78 is 19.2. The van der Waals surface area contributed by atoms with Gasteiger partial charge >= 0.3 is 17.1 Å². The first-order valence-corrected chi connectivity index (χ1v) is 19.5. The molecule has 0 heterocycles. The molecule has 0 aromatic heterocycles. The molecule has 0 bridgehead atoms. The standard InChI is InChI=1S/C13H35O3Si4/c1-12-13(2)18(6,7)15-20(10,11)16-19(8,9)14-17(3,4)5/h13H,1,12H2,2-11H3. The molecule has 0 rings (SSSR count). The van der Waals surface area contributed by atoms with Crippen molar-refractivity contribution in [1.82, 2.24) is 0 Å². The van der Waals surface area contributed by atoms with Gasteiger partial charge in [-0.25, -0.2) is 0 Å². The van der Waals surface area contributed by atoms with Crippen LogP contribution in [0.4, 0.5) is 0 Å². The van der Waals surface area contributed by atoms with Crippen LogP contribution in [0.3, 0.4) is 0 Å². The Morgan fingerprint density at radius 1 is 0.750 bits per heavy atom. The van der Waals surface area contributed by atoms with Gasteiger partial charge in [0.05, 0.1) is 0 Å². The second-order valence-corrected chi connectivity index (χ2v) is 24.5. The number of hydrogen-bond acceptors (Lipinski definition) is 3. The topological polar surface area (TPSA) is 27.7 Å². The molecule has 0 aromatic carbocycles. The smallest absolute Gasteiger partial charge is 0.312 e. The molecule has 1 unspecified atom stereocenters. The Labute approximate surface area is 131 Å². The van der Waals surface area contributed by atoms with Gasteiger partial charge < -0.3 is 12.3 Å². The van der Waals surface area contributed by atoms with Crippen molar-refractivity contribution in [3.05, 3.63) is 6.92 Å². The Kier molecular flexibility index (Phi) is 7.14. The van der Waals surface area contributed by atoms with Crippen molar-refractivity contribution >= 4 is 33.8 Å². The van der Waals surface area contributed by atoms with E-state index >= 15 is 0 Å².